The Kier molecular flexibility index (Phi) is 7.46. The number of hydrogen-bond donors (Lipinski definition) is 2. The zero-order chi connectivity index (χ0) is 26.0. The Morgan fingerprint density at radius 1 is 1.17 bits per heavy atom. The number of nitrogen functional groups attached to an aromatic ring is 1. The largest absolute Gasteiger partial charge is 0.493 e. The van der Waals surface area contributed by atoms with Gasteiger partial charge in [0.2, 0.25) is 0 Å². The van der Waals surface area contributed by atoms with Gasteiger partial charge in [-0.25, -0.2) is 9.97 Å². The molecule has 1 saturated heterocycles. The van der Waals surface area contributed by atoms with Crippen molar-refractivity contribution in [2.45, 2.75) is 45.3 Å². The van der Waals surface area contributed by atoms with Crippen LogP contribution in [0.25, 0.3) is 10.9 Å². The topological polar surface area (TPSA) is 101 Å². The summed E-state index contributed by atoms with van der Waals surface area (Å²) in [6.07, 6.45) is 0.721. The minimum atomic E-state index is -3.17. The number of benzene rings is 2. The van der Waals surface area contributed by atoms with Gasteiger partial charge < -0.3 is 30.0 Å². The Hall–Kier alpha value is -3.24. The maximum atomic E-state index is 14.8. The van der Waals surface area contributed by atoms with Gasteiger partial charge >= 0.3 is 0 Å². The second-order valence-corrected chi connectivity index (χ2v) is 9.03. The average molecular weight is 503 g/mol. The third-order valence-electron chi connectivity index (χ3n) is 6.28. The number of aryl methyl sites for hydroxylation is 1. The molecule has 3 aromatic rings. The predicted octanol–water partition coefficient (Wildman–Crippen LogP) is 4.92. The summed E-state index contributed by atoms with van der Waals surface area (Å²) in [6.45, 7) is 5.76. The van der Waals surface area contributed by atoms with E-state index < -0.39 is 18.6 Å². The first-order valence-electron chi connectivity index (χ1n) is 11.8. The zero-order valence-electron chi connectivity index (χ0n) is 21.2. The van der Waals surface area contributed by atoms with Crippen LogP contribution in [0.3, 0.4) is 0 Å². The molecule has 0 aliphatic carbocycles. The highest BCUT2D eigenvalue weighted by Gasteiger charge is 2.35. The van der Waals surface area contributed by atoms with Gasteiger partial charge in [-0.1, -0.05) is 0 Å². The molecule has 36 heavy (non-hydrogen) atoms. The molecular weight excluding hydrogens is 470 g/mol. The first kappa shape index (κ1) is 25.8. The summed E-state index contributed by atoms with van der Waals surface area (Å²) in [5.41, 5.74) is 7.86. The number of methoxy groups -OCH3 is 2. The molecule has 8 nitrogen and oxygen atoms in total. The molecule has 10 heteroatoms. The molecule has 1 fully saturated rings. The van der Waals surface area contributed by atoms with Crippen LogP contribution in [0.5, 0.6) is 11.5 Å². The molecular formula is C26H32F2N4O4. The van der Waals surface area contributed by atoms with E-state index in [1.54, 1.807) is 33.1 Å². The molecule has 2 aromatic carbocycles. The van der Waals surface area contributed by atoms with Crippen LogP contribution in [0.2, 0.25) is 0 Å². The lowest BCUT2D eigenvalue weighted by Crippen LogP contribution is -2.23. The van der Waals surface area contributed by atoms with Gasteiger partial charge in [-0.2, -0.15) is 8.78 Å². The van der Waals surface area contributed by atoms with E-state index in [0.29, 0.717) is 58.4 Å². The molecule has 1 aliphatic heterocycles. The first-order valence-corrected chi connectivity index (χ1v) is 11.8. The third kappa shape index (κ3) is 5.29. The van der Waals surface area contributed by atoms with Crippen LogP contribution in [0.4, 0.5) is 20.3 Å². The Morgan fingerprint density at radius 3 is 2.61 bits per heavy atom. The lowest BCUT2D eigenvalue weighted by molar-refractivity contribution is -0.0702. The second-order valence-electron chi connectivity index (χ2n) is 9.03. The lowest BCUT2D eigenvalue weighted by atomic mass is 9.93. The molecule has 0 amide bonds. The summed E-state index contributed by atoms with van der Waals surface area (Å²) in [6, 6.07) is 6.26. The molecule has 4 rings (SSSR count). The number of anilines is 2. The highest BCUT2D eigenvalue weighted by Crippen LogP contribution is 2.39. The van der Waals surface area contributed by atoms with E-state index in [0.717, 1.165) is 6.42 Å². The summed E-state index contributed by atoms with van der Waals surface area (Å²) in [5, 5.41) is 4.09. The normalized spacial score (nSPS) is 16.8. The highest BCUT2D eigenvalue weighted by molar-refractivity contribution is 5.92. The molecule has 3 N–H and O–H groups in total. The minimum Gasteiger partial charge on any atom is -0.493 e. The Labute approximate surface area is 209 Å². The number of rotatable bonds is 9. The average Bonchev–Trinajstić information content (AvgIpc) is 3.33. The van der Waals surface area contributed by atoms with Gasteiger partial charge in [0, 0.05) is 36.2 Å². The van der Waals surface area contributed by atoms with E-state index >= 15 is 0 Å². The van der Waals surface area contributed by atoms with Crippen LogP contribution < -0.4 is 20.5 Å². The Bertz CT molecular complexity index is 1250. The van der Waals surface area contributed by atoms with Crippen LogP contribution >= 0.6 is 0 Å². The Balaban J connectivity index is 1.73. The summed E-state index contributed by atoms with van der Waals surface area (Å²) < 4.78 is 51.4. The molecule has 194 valence electrons. The van der Waals surface area contributed by atoms with E-state index in [2.05, 4.69) is 15.3 Å². The summed E-state index contributed by atoms with van der Waals surface area (Å²) >= 11 is 0. The van der Waals surface area contributed by atoms with Crippen molar-refractivity contribution in [2.24, 2.45) is 0 Å². The Morgan fingerprint density at radius 2 is 1.94 bits per heavy atom. The number of ether oxygens (including phenoxy) is 4. The third-order valence-corrected chi connectivity index (χ3v) is 6.28. The van der Waals surface area contributed by atoms with Crippen LogP contribution in [-0.2, 0) is 15.4 Å². The van der Waals surface area contributed by atoms with Crippen LogP contribution in [0.15, 0.2) is 24.3 Å². The van der Waals surface area contributed by atoms with Crippen LogP contribution in [0.1, 0.15) is 41.9 Å². The van der Waals surface area contributed by atoms with Gasteiger partial charge in [0.05, 0.1) is 31.9 Å². The molecule has 0 unspecified atom stereocenters. The summed E-state index contributed by atoms with van der Waals surface area (Å²) in [4.78, 5) is 9.16. The fraction of sp³-hybridized carbons (Fsp3) is 0.462. The van der Waals surface area contributed by atoms with Gasteiger partial charge in [-0.15, -0.1) is 0 Å². The van der Waals surface area contributed by atoms with Crippen molar-refractivity contribution < 1.29 is 27.7 Å². The molecule has 0 bridgehead atoms. The highest BCUT2D eigenvalue weighted by atomic mass is 19.3. The number of alkyl halides is 2. The van der Waals surface area contributed by atoms with Crippen molar-refractivity contribution in [2.75, 3.05) is 45.1 Å². The molecule has 1 aliphatic rings. The van der Waals surface area contributed by atoms with Gasteiger partial charge in [0.15, 0.2) is 11.5 Å². The molecule has 0 spiro atoms. The number of hydrogen-bond acceptors (Lipinski definition) is 8. The lowest BCUT2D eigenvalue weighted by Gasteiger charge is -2.24. The number of nitrogens with two attached hydrogens (primary N) is 1. The fourth-order valence-electron chi connectivity index (χ4n) is 4.53. The number of aromatic nitrogens is 2. The zero-order valence-corrected chi connectivity index (χ0v) is 21.2. The van der Waals surface area contributed by atoms with Crippen molar-refractivity contribution >= 4 is 22.4 Å². The maximum Gasteiger partial charge on any atom is 0.296 e. The second kappa shape index (κ2) is 10.4. The van der Waals surface area contributed by atoms with E-state index in [4.69, 9.17) is 24.7 Å². The van der Waals surface area contributed by atoms with Crippen LogP contribution in [-0.4, -0.2) is 50.1 Å². The van der Waals surface area contributed by atoms with Gasteiger partial charge in [-0.05, 0) is 50.1 Å². The number of nitrogens with zero attached hydrogens (tertiary/aromatic N) is 2. The van der Waals surface area contributed by atoms with Crippen molar-refractivity contribution in [1.82, 2.24) is 9.97 Å². The summed E-state index contributed by atoms with van der Waals surface area (Å²) in [5.74, 6) is -0.956. The van der Waals surface area contributed by atoms with E-state index in [9.17, 15) is 8.78 Å². The van der Waals surface area contributed by atoms with E-state index in [1.807, 2.05) is 13.0 Å². The van der Waals surface area contributed by atoms with E-state index in [-0.39, 0.29) is 17.4 Å². The minimum absolute atomic E-state index is 0.0693. The van der Waals surface area contributed by atoms with Crippen molar-refractivity contribution in [3.63, 3.8) is 0 Å². The smallest absolute Gasteiger partial charge is 0.296 e. The van der Waals surface area contributed by atoms with Gasteiger partial charge in [0.1, 0.15) is 24.4 Å². The molecule has 2 atom stereocenters. The maximum absolute atomic E-state index is 14.8. The monoisotopic (exact) mass is 502 g/mol. The van der Waals surface area contributed by atoms with Crippen molar-refractivity contribution in [1.29, 1.82) is 0 Å². The van der Waals surface area contributed by atoms with Crippen molar-refractivity contribution in [3.05, 3.63) is 46.8 Å². The van der Waals surface area contributed by atoms with Crippen LogP contribution in [0, 0.1) is 13.8 Å². The number of fused-ring (bicyclic) bond motifs is 1. The number of nitrogens with one attached hydrogen (secondary N) is 1. The van der Waals surface area contributed by atoms with Crippen molar-refractivity contribution in [3.8, 4) is 11.5 Å². The standard InChI is InChI=1S/C26H32F2N4O4/c1-14-19(8-17(29)9-21(14)26(27,28)13-33-4)15(2)30-25-20-10-24(36-18-6-7-35-12-18)23(34-5)11-22(20)31-16(3)32-25/h8-11,15,18H,6-7,12-13,29H2,1-5H3,(H,30,31,32)/t15-,18+/m1/s1. The first-order chi connectivity index (χ1) is 17.1. The quantitative estimate of drug-likeness (QED) is 0.398. The molecule has 2 heterocycles. The molecule has 0 radical (unpaired) electrons. The van der Waals surface area contributed by atoms with Gasteiger partial charge in [-0.3, -0.25) is 0 Å². The SMILES string of the molecule is COCC(F)(F)c1cc(N)cc([C@@H](C)Nc2nc(C)nc3cc(OC)c(O[C@H]4CCOC4)cc23)c1C. The van der Waals surface area contributed by atoms with E-state index in [1.165, 1.54) is 13.2 Å². The fourth-order valence-corrected chi connectivity index (χ4v) is 4.53. The van der Waals surface area contributed by atoms with Gasteiger partial charge in [0.25, 0.3) is 5.92 Å². The molecule has 1 aromatic heterocycles. The number of halogens is 2. The summed E-state index contributed by atoms with van der Waals surface area (Å²) in [7, 11) is 2.82. The molecule has 0 saturated carbocycles. The predicted molar refractivity (Wildman–Crippen MR) is 134 cm³/mol.